The number of hydrogen-bond acceptors (Lipinski definition) is 5. The summed E-state index contributed by atoms with van der Waals surface area (Å²) in [4.78, 5) is 16.5. The van der Waals surface area contributed by atoms with Gasteiger partial charge < -0.3 is 9.84 Å². The Morgan fingerprint density at radius 3 is 2.58 bits per heavy atom. The van der Waals surface area contributed by atoms with Crippen molar-refractivity contribution in [2.45, 2.75) is 63.3 Å². The third-order valence-electron chi connectivity index (χ3n) is 7.13. The lowest BCUT2D eigenvalue weighted by molar-refractivity contribution is -0.125. The molecule has 0 radical (unpaired) electrons. The standard InChI is InChI=1S/C24H27F2N5O2/c1-14-5-3-4-6-17(14)24(11-12-24)23-28-22(33-30-23)18-13-19(20(25)26)31(29-18)16-9-7-15(8-10-16)21(32)27-2/h3-6,13,15-16,20H,7-12H2,1-2H3,(H,27,32). The number of benzene rings is 1. The molecule has 2 aromatic heterocycles. The van der Waals surface area contributed by atoms with Crippen LogP contribution in [0.3, 0.4) is 0 Å². The molecule has 0 bridgehead atoms. The molecular weight excluding hydrogens is 428 g/mol. The lowest BCUT2D eigenvalue weighted by Crippen LogP contribution is -2.31. The molecule has 5 rings (SSSR count). The second-order valence-electron chi connectivity index (χ2n) is 9.14. The summed E-state index contributed by atoms with van der Waals surface area (Å²) in [5, 5.41) is 11.3. The normalized spacial score (nSPS) is 21.8. The maximum absolute atomic E-state index is 13.8. The number of nitrogens with zero attached hydrogens (tertiary/aromatic N) is 4. The summed E-state index contributed by atoms with van der Waals surface area (Å²) in [5.74, 6) is 0.659. The molecular formula is C24H27F2N5O2. The quantitative estimate of drug-likeness (QED) is 0.580. The van der Waals surface area contributed by atoms with Gasteiger partial charge in [-0.25, -0.2) is 8.78 Å². The van der Waals surface area contributed by atoms with Crippen LogP contribution in [-0.2, 0) is 10.2 Å². The molecule has 2 heterocycles. The molecule has 9 heteroatoms. The van der Waals surface area contributed by atoms with Gasteiger partial charge in [-0.3, -0.25) is 9.48 Å². The zero-order valence-electron chi connectivity index (χ0n) is 18.7. The second kappa shape index (κ2) is 8.35. The average molecular weight is 456 g/mol. The molecule has 2 saturated carbocycles. The molecule has 0 atom stereocenters. The zero-order valence-corrected chi connectivity index (χ0v) is 18.7. The lowest BCUT2D eigenvalue weighted by Gasteiger charge is -2.28. The third kappa shape index (κ3) is 3.83. The molecule has 1 amide bonds. The van der Waals surface area contributed by atoms with E-state index in [0.29, 0.717) is 31.5 Å². The van der Waals surface area contributed by atoms with E-state index in [0.717, 1.165) is 18.4 Å². The van der Waals surface area contributed by atoms with Crippen molar-refractivity contribution in [2.24, 2.45) is 5.92 Å². The molecule has 2 aliphatic carbocycles. The van der Waals surface area contributed by atoms with Gasteiger partial charge in [-0.05, 0) is 62.6 Å². The minimum atomic E-state index is -2.67. The van der Waals surface area contributed by atoms with Gasteiger partial charge in [-0.1, -0.05) is 29.4 Å². The largest absolute Gasteiger partial charge is 0.359 e. The van der Waals surface area contributed by atoms with Gasteiger partial charge in [0.05, 0.1) is 11.5 Å². The van der Waals surface area contributed by atoms with Gasteiger partial charge in [0.15, 0.2) is 11.5 Å². The molecule has 1 aromatic carbocycles. The van der Waals surface area contributed by atoms with Crippen LogP contribution in [-0.4, -0.2) is 32.9 Å². The predicted molar refractivity (Wildman–Crippen MR) is 117 cm³/mol. The van der Waals surface area contributed by atoms with Crippen LogP contribution in [0.2, 0.25) is 0 Å². The lowest BCUT2D eigenvalue weighted by atomic mass is 9.85. The van der Waals surface area contributed by atoms with Crippen LogP contribution in [0.25, 0.3) is 11.6 Å². The van der Waals surface area contributed by atoms with Crippen LogP contribution in [0.1, 0.15) is 73.6 Å². The van der Waals surface area contributed by atoms with Crippen molar-refractivity contribution in [1.82, 2.24) is 25.2 Å². The number of halogens is 2. The van der Waals surface area contributed by atoms with Gasteiger partial charge in [0.1, 0.15) is 5.69 Å². The van der Waals surface area contributed by atoms with E-state index in [1.807, 2.05) is 12.1 Å². The fourth-order valence-electron chi connectivity index (χ4n) is 5.13. The van der Waals surface area contributed by atoms with Crippen molar-refractivity contribution in [2.75, 3.05) is 7.05 Å². The summed E-state index contributed by atoms with van der Waals surface area (Å²) in [6.07, 6.45) is 1.68. The summed E-state index contributed by atoms with van der Waals surface area (Å²) in [5.41, 5.74) is 2.16. The Morgan fingerprint density at radius 2 is 1.94 bits per heavy atom. The van der Waals surface area contributed by atoms with Gasteiger partial charge in [-0.15, -0.1) is 0 Å². The van der Waals surface area contributed by atoms with E-state index in [1.165, 1.54) is 16.3 Å². The van der Waals surface area contributed by atoms with Crippen LogP contribution >= 0.6 is 0 Å². The first kappa shape index (κ1) is 21.7. The summed E-state index contributed by atoms with van der Waals surface area (Å²) in [6, 6.07) is 9.30. The van der Waals surface area contributed by atoms with E-state index >= 15 is 0 Å². The molecule has 0 saturated heterocycles. The Morgan fingerprint density at radius 1 is 1.21 bits per heavy atom. The first-order valence-electron chi connectivity index (χ1n) is 11.4. The van der Waals surface area contributed by atoms with Gasteiger partial charge in [-0.2, -0.15) is 10.1 Å². The van der Waals surface area contributed by atoms with E-state index in [2.05, 4.69) is 39.6 Å². The van der Waals surface area contributed by atoms with E-state index in [4.69, 9.17) is 4.52 Å². The summed E-state index contributed by atoms with van der Waals surface area (Å²) >= 11 is 0. The first-order valence-corrected chi connectivity index (χ1v) is 11.4. The minimum absolute atomic E-state index is 0.00438. The van der Waals surface area contributed by atoms with Crippen molar-refractivity contribution in [3.8, 4) is 11.6 Å². The van der Waals surface area contributed by atoms with Gasteiger partial charge in [0.25, 0.3) is 12.3 Å². The molecule has 2 aliphatic rings. The van der Waals surface area contributed by atoms with Crippen molar-refractivity contribution >= 4 is 5.91 Å². The molecule has 0 aliphatic heterocycles. The molecule has 3 aromatic rings. The number of alkyl halides is 2. The monoisotopic (exact) mass is 455 g/mol. The number of hydrogen-bond donors (Lipinski definition) is 1. The Bertz CT molecular complexity index is 1160. The Kier molecular flexibility index (Phi) is 5.50. The molecule has 2 fully saturated rings. The highest BCUT2D eigenvalue weighted by Gasteiger charge is 2.50. The number of rotatable bonds is 6. The number of nitrogens with one attached hydrogen (secondary N) is 1. The molecule has 174 valence electrons. The van der Waals surface area contributed by atoms with Gasteiger partial charge >= 0.3 is 0 Å². The number of carbonyl (C=O) groups is 1. The van der Waals surface area contributed by atoms with Gasteiger partial charge in [0.2, 0.25) is 5.91 Å². The van der Waals surface area contributed by atoms with Crippen molar-refractivity contribution < 1.29 is 18.1 Å². The van der Waals surface area contributed by atoms with Crippen LogP contribution in [0, 0.1) is 12.8 Å². The summed E-state index contributed by atoms with van der Waals surface area (Å²) in [7, 11) is 1.62. The fraction of sp³-hybridized carbons (Fsp3) is 0.500. The Labute approximate surface area is 190 Å². The molecule has 0 spiro atoms. The minimum Gasteiger partial charge on any atom is -0.359 e. The maximum Gasteiger partial charge on any atom is 0.280 e. The highest BCUT2D eigenvalue weighted by atomic mass is 19.3. The molecule has 1 N–H and O–H groups in total. The Balaban J connectivity index is 1.41. The number of amides is 1. The number of aryl methyl sites for hydroxylation is 1. The molecule has 7 nitrogen and oxygen atoms in total. The average Bonchev–Trinajstić information content (AvgIpc) is 3.26. The van der Waals surface area contributed by atoms with Crippen LogP contribution < -0.4 is 5.32 Å². The third-order valence-corrected chi connectivity index (χ3v) is 7.13. The fourth-order valence-corrected chi connectivity index (χ4v) is 5.13. The first-order chi connectivity index (χ1) is 15.9. The molecule has 0 unspecified atom stereocenters. The summed E-state index contributed by atoms with van der Waals surface area (Å²) in [6.45, 7) is 2.06. The highest BCUT2D eigenvalue weighted by Crippen LogP contribution is 2.53. The topological polar surface area (TPSA) is 85.8 Å². The maximum atomic E-state index is 13.8. The highest BCUT2D eigenvalue weighted by molar-refractivity contribution is 5.78. The number of carbonyl (C=O) groups excluding carboxylic acids is 1. The Hall–Kier alpha value is -3.10. The van der Waals surface area contributed by atoms with Crippen molar-refractivity contribution in [3.63, 3.8) is 0 Å². The van der Waals surface area contributed by atoms with Crippen LogP contribution in [0.4, 0.5) is 8.78 Å². The van der Waals surface area contributed by atoms with E-state index < -0.39 is 6.43 Å². The van der Waals surface area contributed by atoms with Gasteiger partial charge in [0, 0.05) is 13.0 Å². The summed E-state index contributed by atoms with van der Waals surface area (Å²) < 4.78 is 34.6. The van der Waals surface area contributed by atoms with Crippen LogP contribution in [0.15, 0.2) is 34.9 Å². The van der Waals surface area contributed by atoms with Crippen LogP contribution in [0.5, 0.6) is 0 Å². The second-order valence-corrected chi connectivity index (χ2v) is 9.14. The van der Waals surface area contributed by atoms with Crippen molar-refractivity contribution in [3.05, 3.63) is 53.0 Å². The van der Waals surface area contributed by atoms with E-state index in [-0.39, 0.29) is 40.6 Å². The van der Waals surface area contributed by atoms with E-state index in [1.54, 1.807) is 7.05 Å². The zero-order chi connectivity index (χ0) is 23.2. The smallest absolute Gasteiger partial charge is 0.280 e. The number of aromatic nitrogens is 4. The van der Waals surface area contributed by atoms with Crippen molar-refractivity contribution in [1.29, 1.82) is 0 Å². The SMILES string of the molecule is CNC(=O)C1CCC(n2nc(-c3nc(C4(c5ccccc5C)CC4)no3)cc2C(F)F)CC1. The predicted octanol–water partition coefficient (Wildman–Crippen LogP) is 4.74. The molecule has 33 heavy (non-hydrogen) atoms. The van der Waals surface area contributed by atoms with E-state index in [9.17, 15) is 13.6 Å².